The van der Waals surface area contributed by atoms with Crippen molar-refractivity contribution < 1.29 is 8.42 Å². The zero-order valence-electron chi connectivity index (χ0n) is 9.90. The lowest BCUT2D eigenvalue weighted by atomic mass is 10.2. The van der Waals surface area contributed by atoms with Crippen molar-refractivity contribution in [2.45, 2.75) is 26.4 Å². The van der Waals surface area contributed by atoms with Gasteiger partial charge in [-0.05, 0) is 25.5 Å². The van der Waals surface area contributed by atoms with Crippen LogP contribution in [-0.4, -0.2) is 31.5 Å². The third-order valence-corrected chi connectivity index (χ3v) is 3.39. The molecule has 4 nitrogen and oxygen atoms in total. The van der Waals surface area contributed by atoms with Crippen LogP contribution in [0.25, 0.3) is 0 Å². The van der Waals surface area contributed by atoms with Crippen LogP contribution in [-0.2, 0) is 16.4 Å². The van der Waals surface area contributed by atoms with E-state index < -0.39 is 9.84 Å². The molecule has 1 unspecified atom stereocenters. The highest BCUT2D eigenvalue weighted by atomic mass is 32.2. The average molecular weight is 242 g/mol. The third kappa shape index (κ3) is 4.72. The Morgan fingerprint density at radius 3 is 2.75 bits per heavy atom. The molecule has 0 fully saturated rings. The van der Waals surface area contributed by atoms with Crippen LogP contribution in [0.5, 0.6) is 0 Å². The molecule has 1 rings (SSSR count). The minimum absolute atomic E-state index is 0.0589. The van der Waals surface area contributed by atoms with Crippen molar-refractivity contribution in [3.63, 3.8) is 0 Å². The molecule has 0 bridgehead atoms. The zero-order chi connectivity index (χ0) is 12.2. The number of nitrogens with one attached hydrogen (secondary N) is 1. The van der Waals surface area contributed by atoms with Gasteiger partial charge in [-0.15, -0.1) is 0 Å². The fourth-order valence-corrected chi connectivity index (χ4v) is 2.51. The number of hydrogen-bond donors (Lipinski definition) is 1. The minimum Gasteiger partial charge on any atom is -0.308 e. The SMILES string of the molecule is Cc1cccnc1CNC(C)CS(C)(=O)=O. The summed E-state index contributed by atoms with van der Waals surface area (Å²) in [5, 5.41) is 3.15. The quantitative estimate of drug-likeness (QED) is 0.834. The van der Waals surface area contributed by atoms with Gasteiger partial charge in [-0.3, -0.25) is 4.98 Å². The largest absolute Gasteiger partial charge is 0.308 e. The Morgan fingerprint density at radius 2 is 2.19 bits per heavy atom. The molecular formula is C11H18N2O2S. The first-order chi connectivity index (χ1) is 7.38. The van der Waals surface area contributed by atoms with Crippen molar-refractivity contribution in [2.75, 3.05) is 12.0 Å². The fourth-order valence-electron chi connectivity index (χ4n) is 1.49. The van der Waals surface area contributed by atoms with E-state index in [4.69, 9.17) is 0 Å². The second kappa shape index (κ2) is 5.41. The van der Waals surface area contributed by atoms with Gasteiger partial charge >= 0.3 is 0 Å². The van der Waals surface area contributed by atoms with Crippen LogP contribution < -0.4 is 5.32 Å². The summed E-state index contributed by atoms with van der Waals surface area (Å²) in [6, 6.07) is 3.82. The van der Waals surface area contributed by atoms with Gasteiger partial charge in [-0.1, -0.05) is 6.07 Å². The highest BCUT2D eigenvalue weighted by molar-refractivity contribution is 7.90. The number of hydrogen-bond acceptors (Lipinski definition) is 4. The van der Waals surface area contributed by atoms with Crippen LogP contribution in [0.4, 0.5) is 0 Å². The Kier molecular flexibility index (Phi) is 4.44. The van der Waals surface area contributed by atoms with Gasteiger partial charge in [-0.2, -0.15) is 0 Å². The molecule has 5 heteroatoms. The maximum atomic E-state index is 11.1. The van der Waals surface area contributed by atoms with Gasteiger partial charge in [0.25, 0.3) is 0 Å². The van der Waals surface area contributed by atoms with Gasteiger partial charge < -0.3 is 5.32 Å². The summed E-state index contributed by atoms with van der Waals surface area (Å²) >= 11 is 0. The summed E-state index contributed by atoms with van der Waals surface area (Å²) in [6.07, 6.45) is 2.99. The Hall–Kier alpha value is -0.940. The molecule has 1 aromatic rings. The summed E-state index contributed by atoms with van der Waals surface area (Å²) in [5.41, 5.74) is 2.07. The standard InChI is InChI=1S/C11H18N2O2S/c1-9-5-4-6-12-11(9)7-13-10(2)8-16(3,14)15/h4-6,10,13H,7-8H2,1-3H3. The van der Waals surface area contributed by atoms with Crippen LogP contribution in [0.2, 0.25) is 0 Å². The average Bonchev–Trinajstić information content (AvgIpc) is 2.14. The van der Waals surface area contributed by atoms with E-state index in [1.807, 2.05) is 26.0 Å². The topological polar surface area (TPSA) is 59.1 Å². The third-order valence-electron chi connectivity index (χ3n) is 2.29. The van der Waals surface area contributed by atoms with E-state index >= 15 is 0 Å². The maximum Gasteiger partial charge on any atom is 0.148 e. The van der Waals surface area contributed by atoms with Gasteiger partial charge in [0.15, 0.2) is 0 Å². The molecule has 16 heavy (non-hydrogen) atoms. The number of nitrogens with zero attached hydrogens (tertiary/aromatic N) is 1. The summed E-state index contributed by atoms with van der Waals surface area (Å²) in [4.78, 5) is 4.23. The highest BCUT2D eigenvalue weighted by Crippen LogP contribution is 2.03. The van der Waals surface area contributed by atoms with E-state index in [9.17, 15) is 8.42 Å². The number of sulfone groups is 1. The second-order valence-electron chi connectivity index (χ2n) is 4.14. The van der Waals surface area contributed by atoms with E-state index in [-0.39, 0.29) is 11.8 Å². The Morgan fingerprint density at radius 1 is 1.50 bits per heavy atom. The Labute approximate surface area is 97.0 Å². The summed E-state index contributed by atoms with van der Waals surface area (Å²) in [7, 11) is -2.92. The Bertz CT molecular complexity index is 443. The first-order valence-electron chi connectivity index (χ1n) is 5.20. The predicted molar refractivity (Wildman–Crippen MR) is 65.0 cm³/mol. The fraction of sp³-hybridized carbons (Fsp3) is 0.545. The summed E-state index contributed by atoms with van der Waals surface area (Å²) in [5.74, 6) is 0.152. The van der Waals surface area contributed by atoms with Crippen molar-refractivity contribution in [2.24, 2.45) is 0 Å². The lowest BCUT2D eigenvalue weighted by Gasteiger charge is -2.13. The normalized spacial score (nSPS) is 13.7. The molecule has 1 heterocycles. The molecule has 0 saturated carbocycles. The first kappa shape index (κ1) is 13.1. The van der Waals surface area contributed by atoms with Gasteiger partial charge in [0.1, 0.15) is 9.84 Å². The van der Waals surface area contributed by atoms with Crippen LogP contribution >= 0.6 is 0 Å². The Balaban J connectivity index is 2.49. The maximum absolute atomic E-state index is 11.1. The molecule has 1 atom stereocenters. The summed E-state index contributed by atoms with van der Waals surface area (Å²) < 4.78 is 22.1. The predicted octanol–water partition coefficient (Wildman–Crippen LogP) is 0.913. The molecule has 0 saturated heterocycles. The van der Waals surface area contributed by atoms with Crippen LogP contribution in [0, 0.1) is 6.92 Å². The van der Waals surface area contributed by atoms with Crippen LogP contribution in [0.15, 0.2) is 18.3 Å². The minimum atomic E-state index is -2.92. The molecular weight excluding hydrogens is 224 g/mol. The molecule has 0 aromatic carbocycles. The van der Waals surface area contributed by atoms with Crippen molar-refractivity contribution in [3.05, 3.63) is 29.6 Å². The van der Waals surface area contributed by atoms with Crippen LogP contribution in [0.3, 0.4) is 0 Å². The molecule has 90 valence electrons. The molecule has 0 amide bonds. The zero-order valence-corrected chi connectivity index (χ0v) is 10.7. The molecule has 0 aliphatic heterocycles. The van der Waals surface area contributed by atoms with E-state index in [0.29, 0.717) is 6.54 Å². The number of rotatable bonds is 5. The molecule has 0 aliphatic rings. The van der Waals surface area contributed by atoms with E-state index in [1.54, 1.807) is 6.20 Å². The molecule has 0 radical (unpaired) electrons. The van der Waals surface area contributed by atoms with Crippen molar-refractivity contribution >= 4 is 9.84 Å². The molecule has 0 aliphatic carbocycles. The van der Waals surface area contributed by atoms with Crippen LogP contribution in [0.1, 0.15) is 18.2 Å². The molecule has 0 spiro atoms. The molecule has 1 aromatic heterocycles. The van der Waals surface area contributed by atoms with E-state index in [1.165, 1.54) is 6.26 Å². The number of pyridine rings is 1. The van der Waals surface area contributed by atoms with Gasteiger partial charge in [-0.25, -0.2) is 8.42 Å². The molecule has 1 N–H and O–H groups in total. The lowest BCUT2D eigenvalue weighted by molar-refractivity contribution is 0.555. The smallest absolute Gasteiger partial charge is 0.148 e. The first-order valence-corrected chi connectivity index (χ1v) is 7.26. The number of aryl methyl sites for hydroxylation is 1. The summed E-state index contributed by atoms with van der Waals surface area (Å²) in [6.45, 7) is 4.45. The second-order valence-corrected chi connectivity index (χ2v) is 6.33. The van der Waals surface area contributed by atoms with Crippen molar-refractivity contribution in [1.82, 2.24) is 10.3 Å². The van der Waals surface area contributed by atoms with Gasteiger partial charge in [0.2, 0.25) is 0 Å². The highest BCUT2D eigenvalue weighted by Gasteiger charge is 2.10. The van der Waals surface area contributed by atoms with E-state index in [0.717, 1.165) is 11.3 Å². The lowest BCUT2D eigenvalue weighted by Crippen LogP contribution is -2.32. The van der Waals surface area contributed by atoms with E-state index in [2.05, 4.69) is 10.3 Å². The van der Waals surface area contributed by atoms with Gasteiger partial charge in [0.05, 0.1) is 11.4 Å². The van der Waals surface area contributed by atoms with Crippen molar-refractivity contribution in [1.29, 1.82) is 0 Å². The van der Waals surface area contributed by atoms with Gasteiger partial charge in [0, 0.05) is 25.0 Å². The van der Waals surface area contributed by atoms with Crippen molar-refractivity contribution in [3.8, 4) is 0 Å². The monoisotopic (exact) mass is 242 g/mol. The number of aromatic nitrogens is 1.